The molecule has 0 aliphatic heterocycles. The number of hydrogen-bond acceptors (Lipinski definition) is 10. The average Bonchev–Trinajstić information content (AvgIpc) is 3.98. The predicted molar refractivity (Wildman–Crippen MR) is 195 cm³/mol. The van der Waals surface area contributed by atoms with Crippen molar-refractivity contribution >= 4 is 66.8 Å². The minimum atomic E-state index is 0.411. The lowest BCUT2D eigenvalue weighted by atomic mass is 9.91. The first-order valence-electron chi connectivity index (χ1n) is 15.3. The Morgan fingerprint density at radius 3 is 2.43 bits per heavy atom. The summed E-state index contributed by atoms with van der Waals surface area (Å²) in [5.74, 6) is 2.38. The molecule has 0 bridgehead atoms. The second kappa shape index (κ2) is 11.4. The van der Waals surface area contributed by atoms with Gasteiger partial charge in [-0.3, -0.25) is 3.97 Å². The molecule has 0 saturated carbocycles. The van der Waals surface area contributed by atoms with Gasteiger partial charge < -0.3 is 13.8 Å². The number of furan rings is 1. The molecule has 10 rings (SSSR count). The highest BCUT2D eigenvalue weighted by Gasteiger charge is 2.34. The van der Waals surface area contributed by atoms with E-state index in [0.717, 1.165) is 58.3 Å². The van der Waals surface area contributed by atoms with E-state index in [4.69, 9.17) is 33.8 Å². The summed E-state index contributed by atoms with van der Waals surface area (Å²) < 4.78 is 16.0. The van der Waals surface area contributed by atoms with E-state index in [9.17, 15) is 0 Å². The molecule has 1 N–H and O–H groups in total. The third-order valence-corrected chi connectivity index (χ3v) is 11.0. The van der Waals surface area contributed by atoms with Crippen LogP contribution in [0.15, 0.2) is 135 Å². The monoisotopic (exact) mass is 691 g/mol. The molecule has 4 aromatic carbocycles. The summed E-state index contributed by atoms with van der Waals surface area (Å²) in [6, 6.07) is 28.5. The number of fused-ring (bicyclic) bond motifs is 3. The van der Waals surface area contributed by atoms with Gasteiger partial charge in [0.05, 0.1) is 33.1 Å². The van der Waals surface area contributed by atoms with Crippen molar-refractivity contribution in [2.75, 3.05) is 0 Å². The summed E-state index contributed by atoms with van der Waals surface area (Å²) in [4.78, 5) is 29.3. The smallest absolute Gasteiger partial charge is 0.227 e. The molecule has 6 aromatic heterocycles. The Morgan fingerprint density at radius 1 is 0.755 bits per heavy atom. The van der Waals surface area contributed by atoms with E-state index in [1.807, 2.05) is 84.5 Å². The van der Waals surface area contributed by atoms with Gasteiger partial charge in [-0.15, -0.1) is 22.7 Å². The number of rotatable bonds is 7. The molecule has 0 atom stereocenters. The topological polar surface area (TPSA) is 111 Å². The number of nitrogens with zero attached hydrogens (tertiary/aromatic N) is 6. The lowest BCUT2D eigenvalue weighted by molar-refractivity contribution is 0.574. The molecule has 0 saturated heterocycles. The molecule has 234 valence electrons. The molecule has 0 aliphatic carbocycles. The third kappa shape index (κ3) is 4.64. The minimum Gasteiger partial charge on any atom is -0.456 e. The molecule has 0 amide bonds. The van der Waals surface area contributed by atoms with Crippen molar-refractivity contribution in [3.05, 3.63) is 121 Å². The zero-order valence-electron chi connectivity index (χ0n) is 25.3. The van der Waals surface area contributed by atoms with Gasteiger partial charge in [-0.05, 0) is 48.3 Å². The van der Waals surface area contributed by atoms with Crippen LogP contribution in [0.25, 0.3) is 87.8 Å². The Labute approximate surface area is 290 Å². The van der Waals surface area contributed by atoms with E-state index in [2.05, 4.69) is 27.2 Å². The second-order valence-corrected chi connectivity index (χ2v) is 14.0. The minimum absolute atomic E-state index is 0.411. The van der Waals surface area contributed by atoms with Gasteiger partial charge in [-0.2, -0.15) is 0 Å². The first kappa shape index (κ1) is 28.2. The summed E-state index contributed by atoms with van der Waals surface area (Å²) in [5, 5.41) is 4.53. The van der Waals surface area contributed by atoms with Crippen LogP contribution in [-0.4, -0.2) is 33.9 Å². The Morgan fingerprint density at radius 2 is 1.63 bits per heavy atom. The quantitative estimate of drug-likeness (QED) is 0.176. The molecule has 49 heavy (non-hydrogen) atoms. The number of imidazole rings is 2. The third-order valence-electron chi connectivity index (χ3n) is 8.19. The predicted octanol–water partition coefficient (Wildman–Crippen LogP) is 10.5. The first-order valence-corrected chi connectivity index (χ1v) is 17.8. The molecular formula is C37H21N7O2S3. The van der Waals surface area contributed by atoms with Gasteiger partial charge in [0.1, 0.15) is 34.0 Å². The largest absolute Gasteiger partial charge is 0.456 e. The van der Waals surface area contributed by atoms with E-state index >= 15 is 0 Å². The van der Waals surface area contributed by atoms with Crippen molar-refractivity contribution in [1.82, 2.24) is 33.9 Å². The molecule has 0 unspecified atom stereocenters. The highest BCUT2D eigenvalue weighted by molar-refractivity contribution is 7.98. The fourth-order valence-corrected chi connectivity index (χ4v) is 8.83. The number of aromatic nitrogens is 7. The van der Waals surface area contributed by atoms with E-state index in [0.29, 0.717) is 34.4 Å². The highest BCUT2D eigenvalue weighted by Crippen LogP contribution is 2.52. The summed E-state index contributed by atoms with van der Waals surface area (Å²) in [6.07, 6.45) is 8.60. The van der Waals surface area contributed by atoms with Crippen LogP contribution < -0.4 is 0 Å². The van der Waals surface area contributed by atoms with Gasteiger partial charge in [0, 0.05) is 45.4 Å². The number of hydrogen-bond donors (Lipinski definition) is 1. The lowest BCUT2D eigenvalue weighted by Crippen LogP contribution is -2.00. The molecule has 9 nitrogen and oxygen atoms in total. The van der Waals surface area contributed by atoms with Gasteiger partial charge in [0.2, 0.25) is 5.89 Å². The van der Waals surface area contributed by atoms with Crippen LogP contribution in [-0.2, 0) is 0 Å². The highest BCUT2D eigenvalue weighted by atomic mass is 32.2. The first-order chi connectivity index (χ1) is 24.3. The Balaban J connectivity index is 1.43. The average molecular weight is 692 g/mol. The van der Waals surface area contributed by atoms with E-state index < -0.39 is 0 Å². The molecule has 0 spiro atoms. The number of para-hydroxylation sites is 2. The van der Waals surface area contributed by atoms with E-state index in [1.165, 1.54) is 0 Å². The van der Waals surface area contributed by atoms with Crippen molar-refractivity contribution in [3.8, 4) is 55.6 Å². The Hall–Kier alpha value is -5.82. The van der Waals surface area contributed by atoms with E-state index in [-0.39, 0.29) is 0 Å². The maximum Gasteiger partial charge on any atom is 0.227 e. The zero-order valence-corrected chi connectivity index (χ0v) is 27.7. The van der Waals surface area contributed by atoms with Crippen LogP contribution in [0.5, 0.6) is 0 Å². The maximum absolute atomic E-state index is 6.64. The SMILES string of the molecule is c1ccc(Sn2c(-c3nc4ccccc4s3)nc3c(-c4cc5ccccc5o4)c(-c4ncco4)c(-c4ncc[nH]4)c(-c4nccs4)c32)cc1. The van der Waals surface area contributed by atoms with Crippen LogP contribution in [0.3, 0.4) is 0 Å². The van der Waals surface area contributed by atoms with Crippen molar-refractivity contribution in [2.45, 2.75) is 4.90 Å². The number of benzene rings is 4. The van der Waals surface area contributed by atoms with Crippen LogP contribution in [0, 0.1) is 0 Å². The summed E-state index contributed by atoms with van der Waals surface area (Å²) in [6.45, 7) is 0. The molecule has 6 heterocycles. The van der Waals surface area contributed by atoms with Crippen LogP contribution in [0.2, 0.25) is 0 Å². The summed E-state index contributed by atoms with van der Waals surface area (Å²) in [5.41, 5.74) is 6.27. The lowest BCUT2D eigenvalue weighted by Gasteiger charge is -2.17. The Bertz CT molecular complexity index is 2680. The molecule has 12 heteroatoms. The molecule has 0 radical (unpaired) electrons. The van der Waals surface area contributed by atoms with Gasteiger partial charge >= 0.3 is 0 Å². The number of nitrogens with one attached hydrogen (secondary N) is 1. The normalized spacial score (nSPS) is 11.8. The summed E-state index contributed by atoms with van der Waals surface area (Å²) >= 11 is 4.74. The molecule has 10 aromatic rings. The van der Waals surface area contributed by atoms with Crippen LogP contribution >= 0.6 is 34.6 Å². The van der Waals surface area contributed by atoms with Gasteiger partial charge in [-0.1, -0.05) is 48.5 Å². The van der Waals surface area contributed by atoms with Gasteiger partial charge in [0.25, 0.3) is 0 Å². The Kier molecular flexibility index (Phi) is 6.57. The standard InChI is InChI=1S/C37H21N7O2S3/c1-2-9-22(10-3-1)49-44-32-30(36-41-17-19-47-36)28(33-38-14-15-39-33)29(35-40-16-18-45-35)27(25-20-21-8-4-6-12-24(21)46-25)31(32)43-34(44)37-42-23-11-5-7-13-26(23)48-37/h1-20H,(H,38,39). The van der Waals surface area contributed by atoms with Crippen molar-refractivity contribution < 1.29 is 8.83 Å². The molecule has 0 aliphatic rings. The van der Waals surface area contributed by atoms with E-state index in [1.54, 1.807) is 53.3 Å². The van der Waals surface area contributed by atoms with Crippen LogP contribution in [0.4, 0.5) is 0 Å². The molecule has 0 fully saturated rings. The zero-order chi connectivity index (χ0) is 32.3. The molecular weight excluding hydrogens is 671 g/mol. The maximum atomic E-state index is 6.64. The van der Waals surface area contributed by atoms with Crippen molar-refractivity contribution in [2.24, 2.45) is 0 Å². The fraction of sp³-hybridized carbons (Fsp3) is 0. The van der Waals surface area contributed by atoms with Gasteiger partial charge in [0.15, 0.2) is 10.8 Å². The number of aromatic amines is 1. The van der Waals surface area contributed by atoms with Crippen LogP contribution in [0.1, 0.15) is 0 Å². The van der Waals surface area contributed by atoms with Crippen molar-refractivity contribution in [3.63, 3.8) is 0 Å². The number of oxazole rings is 1. The second-order valence-electron chi connectivity index (χ2n) is 11.1. The fourth-order valence-electron chi connectivity index (χ4n) is 6.17. The van der Waals surface area contributed by atoms with Crippen molar-refractivity contribution in [1.29, 1.82) is 0 Å². The number of thiazole rings is 2. The van der Waals surface area contributed by atoms with Gasteiger partial charge in [-0.25, -0.2) is 24.9 Å². The summed E-state index contributed by atoms with van der Waals surface area (Å²) in [7, 11) is 0. The number of H-pyrrole nitrogens is 1.